The van der Waals surface area contributed by atoms with Gasteiger partial charge in [0.2, 0.25) is 0 Å². The molecule has 0 fully saturated rings. The summed E-state index contributed by atoms with van der Waals surface area (Å²) in [6, 6.07) is 9.88. The third-order valence-electron chi connectivity index (χ3n) is 3.97. The van der Waals surface area contributed by atoms with E-state index in [4.69, 9.17) is 4.42 Å². The summed E-state index contributed by atoms with van der Waals surface area (Å²) in [5.74, 6) is -0.558. The molecule has 0 spiro atoms. The highest BCUT2D eigenvalue weighted by molar-refractivity contribution is 6.04. The molecule has 0 unspecified atom stereocenters. The lowest BCUT2D eigenvalue weighted by Crippen LogP contribution is -2.36. The summed E-state index contributed by atoms with van der Waals surface area (Å²) in [5, 5.41) is 10.5. The Labute approximate surface area is 155 Å². The van der Waals surface area contributed by atoms with Gasteiger partial charge in [0.15, 0.2) is 11.5 Å². The molecule has 27 heavy (non-hydrogen) atoms. The van der Waals surface area contributed by atoms with Gasteiger partial charge in [-0.15, -0.1) is 0 Å². The molecule has 0 aliphatic carbocycles. The Bertz CT molecular complexity index is 1020. The average molecular weight is 368 g/mol. The maximum absolute atomic E-state index is 12.6. The molecule has 2 aromatic heterocycles. The summed E-state index contributed by atoms with van der Waals surface area (Å²) in [5.41, 5.74) is -0.0564. The second kappa shape index (κ2) is 7.86. The lowest BCUT2D eigenvalue weighted by atomic mass is 10.1. The van der Waals surface area contributed by atoms with Crippen LogP contribution in [0.1, 0.15) is 40.9 Å². The Kier molecular flexibility index (Phi) is 5.35. The van der Waals surface area contributed by atoms with Crippen LogP contribution in [0, 0.1) is 0 Å². The van der Waals surface area contributed by atoms with E-state index >= 15 is 0 Å². The maximum Gasteiger partial charge on any atom is 0.287 e. The van der Waals surface area contributed by atoms with Crippen LogP contribution in [0.15, 0.2) is 51.9 Å². The normalized spacial score (nSPS) is 10.9. The highest BCUT2D eigenvalue weighted by Crippen LogP contribution is 2.14. The van der Waals surface area contributed by atoms with Crippen molar-refractivity contribution < 1.29 is 14.0 Å². The SMILES string of the molecule is CC(C)n1nc(C(=O)NCCNC(=O)c2ccco2)c2ccccc2c1=O. The van der Waals surface area contributed by atoms with Gasteiger partial charge < -0.3 is 15.1 Å². The molecular weight excluding hydrogens is 348 g/mol. The van der Waals surface area contributed by atoms with Crippen LogP contribution in [0.25, 0.3) is 10.8 Å². The van der Waals surface area contributed by atoms with E-state index in [1.165, 1.54) is 10.9 Å². The average Bonchev–Trinajstić information content (AvgIpc) is 3.20. The van der Waals surface area contributed by atoms with Gasteiger partial charge in [0.25, 0.3) is 17.4 Å². The molecule has 0 aliphatic rings. The predicted octanol–water partition coefficient (Wildman–Crippen LogP) is 1.73. The number of carbonyl (C=O) groups is 2. The minimum atomic E-state index is -0.409. The fourth-order valence-electron chi connectivity index (χ4n) is 2.65. The number of benzene rings is 1. The predicted molar refractivity (Wildman–Crippen MR) is 99.8 cm³/mol. The van der Waals surface area contributed by atoms with Crippen molar-refractivity contribution in [3.05, 3.63) is 64.5 Å². The first kappa shape index (κ1) is 18.4. The fraction of sp³-hybridized carbons (Fsp3) is 0.263. The molecule has 3 aromatic rings. The summed E-state index contributed by atoms with van der Waals surface area (Å²) < 4.78 is 6.30. The van der Waals surface area contributed by atoms with Crippen molar-refractivity contribution in [2.75, 3.05) is 13.1 Å². The lowest BCUT2D eigenvalue weighted by molar-refractivity contribution is 0.0909. The largest absolute Gasteiger partial charge is 0.459 e. The van der Waals surface area contributed by atoms with E-state index in [9.17, 15) is 14.4 Å². The summed E-state index contributed by atoms with van der Waals surface area (Å²) in [7, 11) is 0. The van der Waals surface area contributed by atoms with Gasteiger partial charge in [-0.25, -0.2) is 4.68 Å². The van der Waals surface area contributed by atoms with Gasteiger partial charge in [0.05, 0.1) is 17.7 Å². The van der Waals surface area contributed by atoms with Crippen LogP contribution in [-0.2, 0) is 0 Å². The molecule has 2 amide bonds. The molecule has 0 radical (unpaired) electrons. The molecule has 0 aliphatic heterocycles. The van der Waals surface area contributed by atoms with Crippen molar-refractivity contribution in [1.82, 2.24) is 20.4 Å². The summed E-state index contributed by atoms with van der Waals surface area (Å²) >= 11 is 0. The zero-order chi connectivity index (χ0) is 19.4. The van der Waals surface area contributed by atoms with Crippen LogP contribution in [0.4, 0.5) is 0 Å². The van der Waals surface area contributed by atoms with Gasteiger partial charge in [-0.05, 0) is 32.0 Å². The molecule has 140 valence electrons. The van der Waals surface area contributed by atoms with E-state index in [-0.39, 0.29) is 42.1 Å². The monoisotopic (exact) mass is 368 g/mol. The summed E-state index contributed by atoms with van der Waals surface area (Å²) in [6.07, 6.45) is 1.41. The second-order valence-electron chi connectivity index (χ2n) is 6.23. The Hall–Kier alpha value is -3.42. The minimum absolute atomic E-state index is 0.177. The zero-order valence-corrected chi connectivity index (χ0v) is 15.1. The standard InChI is InChI=1S/C19H20N4O4/c1-12(2)23-19(26)14-7-4-3-6-13(14)16(22-23)18(25)21-10-9-20-17(24)15-8-5-11-27-15/h3-8,11-12H,9-10H2,1-2H3,(H,20,24)(H,21,25). The number of amides is 2. The number of aromatic nitrogens is 2. The van der Waals surface area contributed by atoms with E-state index in [2.05, 4.69) is 15.7 Å². The van der Waals surface area contributed by atoms with Crippen LogP contribution >= 0.6 is 0 Å². The Balaban J connectivity index is 1.73. The van der Waals surface area contributed by atoms with Crippen LogP contribution in [0.5, 0.6) is 0 Å². The number of hydrogen-bond donors (Lipinski definition) is 2. The lowest BCUT2D eigenvalue weighted by Gasteiger charge is -2.13. The zero-order valence-electron chi connectivity index (χ0n) is 15.1. The second-order valence-corrected chi connectivity index (χ2v) is 6.23. The van der Waals surface area contributed by atoms with Crippen LogP contribution < -0.4 is 16.2 Å². The quantitative estimate of drug-likeness (QED) is 0.645. The molecule has 0 saturated heterocycles. The number of nitrogens with zero attached hydrogens (tertiary/aromatic N) is 2. The van der Waals surface area contributed by atoms with Crippen molar-refractivity contribution in [1.29, 1.82) is 0 Å². The first-order valence-electron chi connectivity index (χ1n) is 8.60. The van der Waals surface area contributed by atoms with E-state index in [0.717, 1.165) is 0 Å². The molecule has 2 N–H and O–H groups in total. The van der Waals surface area contributed by atoms with Gasteiger partial charge in [-0.3, -0.25) is 14.4 Å². The van der Waals surface area contributed by atoms with Crippen molar-refractivity contribution >= 4 is 22.6 Å². The highest BCUT2D eigenvalue weighted by Gasteiger charge is 2.17. The molecule has 2 heterocycles. The maximum atomic E-state index is 12.6. The van der Waals surface area contributed by atoms with E-state index in [0.29, 0.717) is 10.8 Å². The molecule has 1 aromatic carbocycles. The van der Waals surface area contributed by atoms with Gasteiger partial charge in [0, 0.05) is 18.5 Å². The number of furan rings is 1. The van der Waals surface area contributed by atoms with Crippen molar-refractivity contribution in [2.45, 2.75) is 19.9 Å². The highest BCUT2D eigenvalue weighted by atomic mass is 16.3. The first-order chi connectivity index (χ1) is 13.0. The van der Waals surface area contributed by atoms with Crippen LogP contribution in [0.2, 0.25) is 0 Å². The van der Waals surface area contributed by atoms with E-state index < -0.39 is 5.91 Å². The van der Waals surface area contributed by atoms with E-state index in [1.807, 2.05) is 13.8 Å². The number of carbonyl (C=O) groups excluding carboxylic acids is 2. The minimum Gasteiger partial charge on any atom is -0.459 e. The Morgan fingerprint density at radius 3 is 2.33 bits per heavy atom. The molecule has 8 nitrogen and oxygen atoms in total. The number of rotatable bonds is 6. The third-order valence-corrected chi connectivity index (χ3v) is 3.97. The smallest absolute Gasteiger partial charge is 0.287 e. The Morgan fingerprint density at radius 1 is 1.04 bits per heavy atom. The van der Waals surface area contributed by atoms with E-state index in [1.54, 1.807) is 36.4 Å². The van der Waals surface area contributed by atoms with Gasteiger partial charge in [-0.1, -0.05) is 18.2 Å². The first-order valence-corrected chi connectivity index (χ1v) is 8.60. The Morgan fingerprint density at radius 2 is 1.70 bits per heavy atom. The van der Waals surface area contributed by atoms with Crippen molar-refractivity contribution in [3.63, 3.8) is 0 Å². The number of fused-ring (bicyclic) bond motifs is 1. The molecule has 0 saturated carbocycles. The van der Waals surface area contributed by atoms with Gasteiger partial charge in [0.1, 0.15) is 0 Å². The summed E-state index contributed by atoms with van der Waals surface area (Å²) in [4.78, 5) is 36.9. The third kappa shape index (κ3) is 3.89. The topological polar surface area (TPSA) is 106 Å². The fourth-order valence-corrected chi connectivity index (χ4v) is 2.65. The van der Waals surface area contributed by atoms with Gasteiger partial charge in [-0.2, -0.15) is 5.10 Å². The number of hydrogen-bond acceptors (Lipinski definition) is 5. The number of nitrogens with one attached hydrogen (secondary N) is 2. The molecule has 0 atom stereocenters. The van der Waals surface area contributed by atoms with Crippen molar-refractivity contribution in [2.24, 2.45) is 0 Å². The molecule has 3 rings (SSSR count). The molecular formula is C19H20N4O4. The summed E-state index contributed by atoms with van der Waals surface area (Å²) in [6.45, 7) is 4.10. The van der Waals surface area contributed by atoms with Crippen molar-refractivity contribution in [3.8, 4) is 0 Å². The van der Waals surface area contributed by atoms with Crippen LogP contribution in [-0.4, -0.2) is 34.7 Å². The van der Waals surface area contributed by atoms with Crippen LogP contribution in [0.3, 0.4) is 0 Å². The molecule has 0 bridgehead atoms. The van der Waals surface area contributed by atoms with Gasteiger partial charge >= 0.3 is 0 Å². The molecule has 8 heteroatoms.